The normalized spacial score (nSPS) is 13.7. The minimum atomic E-state index is -1.45. The van der Waals surface area contributed by atoms with E-state index in [-0.39, 0.29) is 12.4 Å². The third-order valence-corrected chi connectivity index (χ3v) is 2.48. The summed E-state index contributed by atoms with van der Waals surface area (Å²) in [6, 6.07) is 6.31. The maximum Gasteiger partial charge on any atom is 0.350 e. The summed E-state index contributed by atoms with van der Waals surface area (Å²) in [6.45, 7) is 2.82. The van der Waals surface area contributed by atoms with Crippen molar-refractivity contribution in [1.29, 1.82) is 0 Å². The van der Waals surface area contributed by atoms with Crippen LogP contribution in [0.4, 0.5) is 0 Å². The van der Waals surface area contributed by atoms with E-state index >= 15 is 0 Å². The minimum absolute atomic E-state index is 0.0561. The Balaban J connectivity index is 2.88. The van der Waals surface area contributed by atoms with Crippen molar-refractivity contribution in [2.75, 3.05) is 13.7 Å². The fourth-order valence-electron chi connectivity index (χ4n) is 1.43. The van der Waals surface area contributed by atoms with Gasteiger partial charge in [-0.15, -0.1) is 0 Å². The number of methoxy groups -OCH3 is 1. The maximum atomic E-state index is 11.1. The summed E-state index contributed by atoms with van der Waals surface area (Å²) in [5, 5.41) is 9.11. The van der Waals surface area contributed by atoms with E-state index in [1.54, 1.807) is 24.3 Å². The molecule has 0 aliphatic carbocycles. The van der Waals surface area contributed by atoms with Gasteiger partial charge in [0, 0.05) is 12.7 Å². The molecule has 0 aliphatic heterocycles. The molecule has 5 heteroatoms. The summed E-state index contributed by atoms with van der Waals surface area (Å²) in [6.07, 6.45) is 0. The molecule has 1 aromatic rings. The third-order valence-electron chi connectivity index (χ3n) is 2.48. The summed E-state index contributed by atoms with van der Waals surface area (Å²) >= 11 is 0. The van der Waals surface area contributed by atoms with Gasteiger partial charge in [-0.2, -0.15) is 0 Å². The number of ketones is 1. The van der Waals surface area contributed by atoms with Gasteiger partial charge in [0.2, 0.25) is 5.60 Å². The lowest BCUT2D eigenvalue weighted by atomic mass is 10.1. The molecular formula is C13H16O5. The van der Waals surface area contributed by atoms with Crippen LogP contribution in [-0.2, 0) is 9.53 Å². The summed E-state index contributed by atoms with van der Waals surface area (Å²) in [7, 11) is 1.41. The molecule has 0 amide bonds. The Morgan fingerprint density at radius 2 is 1.83 bits per heavy atom. The number of hydrogen-bond acceptors (Lipinski definition) is 4. The van der Waals surface area contributed by atoms with E-state index < -0.39 is 11.6 Å². The van der Waals surface area contributed by atoms with Gasteiger partial charge in [-0.1, -0.05) is 0 Å². The van der Waals surface area contributed by atoms with E-state index in [9.17, 15) is 9.59 Å². The Morgan fingerprint density at radius 3 is 2.22 bits per heavy atom. The maximum absolute atomic E-state index is 11.1. The average Bonchev–Trinajstić information content (AvgIpc) is 2.29. The summed E-state index contributed by atoms with van der Waals surface area (Å²) in [5.74, 6) is -0.790. The first kappa shape index (κ1) is 14.2. The number of carboxylic acid groups (broad SMARTS) is 1. The van der Waals surface area contributed by atoms with Crippen LogP contribution in [0.2, 0.25) is 0 Å². The first-order chi connectivity index (χ1) is 8.39. The van der Waals surface area contributed by atoms with Crippen molar-refractivity contribution >= 4 is 11.8 Å². The van der Waals surface area contributed by atoms with Crippen molar-refractivity contribution in [2.45, 2.75) is 19.4 Å². The van der Waals surface area contributed by atoms with Crippen LogP contribution < -0.4 is 4.74 Å². The molecule has 18 heavy (non-hydrogen) atoms. The fourth-order valence-corrected chi connectivity index (χ4v) is 1.43. The van der Waals surface area contributed by atoms with Crippen LogP contribution in [0.1, 0.15) is 24.2 Å². The number of ether oxygens (including phenoxy) is 2. The number of carbonyl (C=O) groups is 2. The first-order valence-electron chi connectivity index (χ1n) is 5.41. The molecular weight excluding hydrogens is 236 g/mol. The summed E-state index contributed by atoms with van der Waals surface area (Å²) < 4.78 is 10.2. The number of Topliss-reactive ketones (excluding diaryl/α,β-unsaturated/α-hetero) is 1. The van der Waals surface area contributed by atoms with Gasteiger partial charge in [-0.3, -0.25) is 4.79 Å². The Labute approximate surface area is 105 Å². The number of hydrogen-bond donors (Lipinski definition) is 1. The molecule has 1 atom stereocenters. The number of carbonyl (C=O) groups excluding carboxylic acids is 1. The van der Waals surface area contributed by atoms with Gasteiger partial charge in [-0.05, 0) is 38.1 Å². The van der Waals surface area contributed by atoms with Gasteiger partial charge >= 0.3 is 5.97 Å². The molecule has 1 unspecified atom stereocenters. The van der Waals surface area contributed by atoms with Crippen LogP contribution in [-0.4, -0.2) is 36.2 Å². The molecule has 0 fully saturated rings. The molecule has 1 rings (SSSR count). The molecule has 1 N–H and O–H groups in total. The second kappa shape index (κ2) is 5.64. The van der Waals surface area contributed by atoms with Crippen LogP contribution in [0.15, 0.2) is 24.3 Å². The van der Waals surface area contributed by atoms with Gasteiger partial charge in [-0.25, -0.2) is 4.79 Å². The van der Waals surface area contributed by atoms with Crippen molar-refractivity contribution in [3.05, 3.63) is 29.8 Å². The lowest BCUT2D eigenvalue weighted by Gasteiger charge is -2.25. The molecule has 0 radical (unpaired) electrons. The van der Waals surface area contributed by atoms with E-state index in [2.05, 4.69) is 0 Å². The molecule has 98 valence electrons. The molecule has 0 spiro atoms. The van der Waals surface area contributed by atoms with E-state index in [0.29, 0.717) is 11.3 Å². The lowest BCUT2D eigenvalue weighted by Crippen LogP contribution is -2.45. The van der Waals surface area contributed by atoms with Crippen LogP contribution in [0.5, 0.6) is 5.75 Å². The average molecular weight is 252 g/mol. The van der Waals surface area contributed by atoms with Gasteiger partial charge in [0.15, 0.2) is 5.78 Å². The molecule has 1 aromatic carbocycles. The summed E-state index contributed by atoms with van der Waals surface area (Å²) in [4.78, 5) is 22.2. The molecule has 0 saturated heterocycles. The highest BCUT2D eigenvalue weighted by Gasteiger charge is 2.35. The van der Waals surface area contributed by atoms with Gasteiger partial charge < -0.3 is 14.6 Å². The predicted molar refractivity (Wildman–Crippen MR) is 65.0 cm³/mol. The first-order valence-corrected chi connectivity index (χ1v) is 5.41. The van der Waals surface area contributed by atoms with Gasteiger partial charge in [0.25, 0.3) is 0 Å². The molecule has 0 aromatic heterocycles. The number of rotatable bonds is 6. The molecule has 0 saturated carbocycles. The Kier molecular flexibility index (Phi) is 4.44. The van der Waals surface area contributed by atoms with E-state index in [1.165, 1.54) is 21.0 Å². The smallest absolute Gasteiger partial charge is 0.350 e. The van der Waals surface area contributed by atoms with Crippen LogP contribution >= 0.6 is 0 Å². The Morgan fingerprint density at radius 1 is 1.28 bits per heavy atom. The van der Waals surface area contributed by atoms with Crippen molar-refractivity contribution in [2.24, 2.45) is 0 Å². The molecule has 0 aliphatic rings. The standard InChI is InChI=1S/C13H16O5/c1-9(14)10-4-6-11(7-5-10)18-13(2,8-17-3)12(15)16/h4-7H,8H2,1-3H3,(H,15,16). The second-order valence-corrected chi connectivity index (χ2v) is 4.15. The zero-order valence-electron chi connectivity index (χ0n) is 10.6. The molecule has 0 heterocycles. The predicted octanol–water partition coefficient (Wildman–Crippen LogP) is 1.76. The fraction of sp³-hybridized carbons (Fsp3) is 0.385. The third kappa shape index (κ3) is 3.30. The van der Waals surface area contributed by atoms with Crippen molar-refractivity contribution in [3.63, 3.8) is 0 Å². The highest BCUT2D eigenvalue weighted by Crippen LogP contribution is 2.20. The van der Waals surface area contributed by atoms with Gasteiger partial charge in [0.1, 0.15) is 5.75 Å². The SMILES string of the molecule is COCC(C)(Oc1ccc(C(C)=O)cc1)C(=O)O. The van der Waals surface area contributed by atoms with E-state index in [4.69, 9.17) is 14.6 Å². The minimum Gasteiger partial charge on any atom is -0.478 e. The van der Waals surface area contributed by atoms with Crippen LogP contribution in [0.3, 0.4) is 0 Å². The Hall–Kier alpha value is -1.88. The number of aliphatic carboxylic acids is 1. The van der Waals surface area contributed by atoms with Crippen molar-refractivity contribution in [3.8, 4) is 5.75 Å². The lowest BCUT2D eigenvalue weighted by molar-refractivity contribution is -0.158. The zero-order chi connectivity index (χ0) is 13.8. The molecule has 0 bridgehead atoms. The van der Waals surface area contributed by atoms with Crippen molar-refractivity contribution in [1.82, 2.24) is 0 Å². The van der Waals surface area contributed by atoms with Gasteiger partial charge in [0.05, 0.1) is 6.61 Å². The zero-order valence-corrected chi connectivity index (χ0v) is 10.6. The van der Waals surface area contributed by atoms with Crippen LogP contribution in [0.25, 0.3) is 0 Å². The van der Waals surface area contributed by atoms with E-state index in [0.717, 1.165) is 0 Å². The van der Waals surface area contributed by atoms with E-state index in [1.807, 2.05) is 0 Å². The second-order valence-electron chi connectivity index (χ2n) is 4.15. The number of carboxylic acids is 1. The monoisotopic (exact) mass is 252 g/mol. The highest BCUT2D eigenvalue weighted by molar-refractivity contribution is 5.94. The Bertz CT molecular complexity index is 437. The summed E-state index contributed by atoms with van der Waals surface area (Å²) in [5.41, 5.74) is -0.905. The highest BCUT2D eigenvalue weighted by atomic mass is 16.6. The van der Waals surface area contributed by atoms with Crippen LogP contribution in [0, 0.1) is 0 Å². The largest absolute Gasteiger partial charge is 0.478 e. The van der Waals surface area contributed by atoms with Crippen molar-refractivity contribution < 1.29 is 24.2 Å². The number of benzene rings is 1. The topological polar surface area (TPSA) is 72.8 Å². The quantitative estimate of drug-likeness (QED) is 0.781. The molecule has 5 nitrogen and oxygen atoms in total.